The number of imidazole rings is 1. The average molecular weight is 357 g/mol. The monoisotopic (exact) mass is 357 g/mol. The summed E-state index contributed by atoms with van der Waals surface area (Å²) in [7, 11) is 1.66. The van der Waals surface area contributed by atoms with Gasteiger partial charge < -0.3 is 14.6 Å². The second-order valence-corrected chi connectivity index (χ2v) is 6.25. The van der Waals surface area contributed by atoms with E-state index in [1.807, 2.05) is 65.4 Å². The quantitative estimate of drug-likeness (QED) is 0.588. The van der Waals surface area contributed by atoms with Gasteiger partial charge in [-0.05, 0) is 58.8 Å². The molecular formula is C22H19N3O2. The molecule has 4 rings (SSSR count). The minimum absolute atomic E-state index is 0.0954. The Morgan fingerprint density at radius 2 is 1.81 bits per heavy atom. The summed E-state index contributed by atoms with van der Waals surface area (Å²) in [6.45, 7) is 0.476. The van der Waals surface area contributed by atoms with E-state index in [9.17, 15) is 4.79 Å². The molecule has 0 bridgehead atoms. The molecule has 0 aliphatic carbocycles. The largest absolute Gasteiger partial charge is 0.497 e. The zero-order valence-corrected chi connectivity index (χ0v) is 14.9. The molecule has 1 N–H and O–H groups in total. The molecule has 0 radical (unpaired) electrons. The molecule has 4 aromatic rings. The molecule has 5 nitrogen and oxygen atoms in total. The van der Waals surface area contributed by atoms with E-state index in [2.05, 4.69) is 16.4 Å². The Bertz CT molecular complexity index is 1070. The lowest BCUT2D eigenvalue weighted by molar-refractivity contribution is 0.0951. The zero-order chi connectivity index (χ0) is 18.6. The molecule has 5 heteroatoms. The molecule has 0 aliphatic rings. The standard InChI is InChI=1S/C22H19N3O2/c1-27-21-9-6-18-12-16(2-3-19(18)13-21)14-24-22(26)17-4-7-20(8-5-17)25-11-10-23-15-25/h2-13,15H,14H2,1H3,(H,24,26). The van der Waals surface area contributed by atoms with Crippen LogP contribution in [0.3, 0.4) is 0 Å². The van der Waals surface area contributed by atoms with Gasteiger partial charge in [-0.2, -0.15) is 0 Å². The lowest BCUT2D eigenvalue weighted by atomic mass is 10.1. The second kappa shape index (κ2) is 7.33. The fraction of sp³-hybridized carbons (Fsp3) is 0.0909. The van der Waals surface area contributed by atoms with Crippen LogP contribution in [0, 0.1) is 0 Å². The van der Waals surface area contributed by atoms with Crippen LogP contribution in [-0.2, 0) is 6.54 Å². The molecule has 0 aliphatic heterocycles. The lowest BCUT2D eigenvalue weighted by Gasteiger charge is -2.08. The number of aromatic nitrogens is 2. The molecule has 0 saturated carbocycles. The van der Waals surface area contributed by atoms with Crippen LogP contribution in [-0.4, -0.2) is 22.6 Å². The molecule has 27 heavy (non-hydrogen) atoms. The molecule has 1 amide bonds. The van der Waals surface area contributed by atoms with Gasteiger partial charge in [0.2, 0.25) is 0 Å². The summed E-state index contributed by atoms with van der Waals surface area (Å²) in [5.74, 6) is 0.740. The summed E-state index contributed by atoms with van der Waals surface area (Å²) < 4.78 is 7.15. The summed E-state index contributed by atoms with van der Waals surface area (Å²) in [5, 5.41) is 5.20. The Balaban J connectivity index is 1.43. The Labute approximate surface area is 157 Å². The van der Waals surface area contributed by atoms with E-state index in [1.54, 1.807) is 19.6 Å². The van der Waals surface area contributed by atoms with Gasteiger partial charge in [0.25, 0.3) is 5.91 Å². The van der Waals surface area contributed by atoms with Crippen LogP contribution < -0.4 is 10.1 Å². The van der Waals surface area contributed by atoms with Crippen molar-refractivity contribution in [3.05, 3.63) is 90.5 Å². The first-order chi connectivity index (χ1) is 13.2. The van der Waals surface area contributed by atoms with E-state index in [1.165, 1.54) is 0 Å². The third-order valence-electron chi connectivity index (χ3n) is 4.50. The summed E-state index contributed by atoms with van der Waals surface area (Å²) in [4.78, 5) is 16.4. The van der Waals surface area contributed by atoms with Crippen molar-refractivity contribution in [3.8, 4) is 11.4 Å². The van der Waals surface area contributed by atoms with E-state index in [4.69, 9.17) is 4.74 Å². The van der Waals surface area contributed by atoms with Crippen molar-refractivity contribution >= 4 is 16.7 Å². The minimum atomic E-state index is -0.0954. The SMILES string of the molecule is COc1ccc2cc(CNC(=O)c3ccc(-n4ccnc4)cc3)ccc2c1. The van der Waals surface area contributed by atoms with Gasteiger partial charge in [-0.3, -0.25) is 4.79 Å². The van der Waals surface area contributed by atoms with Crippen molar-refractivity contribution in [3.63, 3.8) is 0 Å². The number of amides is 1. The summed E-state index contributed by atoms with van der Waals surface area (Å²) in [6.07, 6.45) is 5.31. The molecule has 134 valence electrons. The fourth-order valence-electron chi connectivity index (χ4n) is 2.99. The van der Waals surface area contributed by atoms with E-state index < -0.39 is 0 Å². The van der Waals surface area contributed by atoms with Gasteiger partial charge in [0.1, 0.15) is 5.75 Å². The number of rotatable bonds is 5. The molecule has 0 spiro atoms. The van der Waals surface area contributed by atoms with Crippen LogP contribution in [0.2, 0.25) is 0 Å². The number of benzene rings is 3. The smallest absolute Gasteiger partial charge is 0.251 e. The molecule has 3 aromatic carbocycles. The molecule has 1 heterocycles. The van der Waals surface area contributed by atoms with Crippen LogP contribution in [0.15, 0.2) is 79.4 Å². The average Bonchev–Trinajstić information content (AvgIpc) is 3.26. The topological polar surface area (TPSA) is 56.1 Å². The maximum absolute atomic E-state index is 12.4. The Morgan fingerprint density at radius 3 is 2.56 bits per heavy atom. The van der Waals surface area contributed by atoms with Crippen LogP contribution in [0.1, 0.15) is 15.9 Å². The van der Waals surface area contributed by atoms with Crippen molar-refractivity contribution in [1.82, 2.24) is 14.9 Å². The first-order valence-corrected chi connectivity index (χ1v) is 8.66. The van der Waals surface area contributed by atoms with E-state index >= 15 is 0 Å². The molecule has 0 atom stereocenters. The van der Waals surface area contributed by atoms with Crippen molar-refractivity contribution in [1.29, 1.82) is 0 Å². The van der Waals surface area contributed by atoms with Crippen molar-refractivity contribution in [2.75, 3.05) is 7.11 Å². The number of ether oxygens (including phenoxy) is 1. The minimum Gasteiger partial charge on any atom is -0.497 e. The van der Waals surface area contributed by atoms with Crippen molar-refractivity contribution < 1.29 is 9.53 Å². The fourth-order valence-corrected chi connectivity index (χ4v) is 2.99. The predicted octanol–water partition coefficient (Wildman–Crippen LogP) is 3.96. The van der Waals surface area contributed by atoms with Crippen molar-refractivity contribution in [2.24, 2.45) is 0 Å². The highest BCUT2D eigenvalue weighted by molar-refractivity contribution is 5.94. The number of nitrogens with zero attached hydrogens (tertiary/aromatic N) is 2. The van der Waals surface area contributed by atoms with Crippen molar-refractivity contribution in [2.45, 2.75) is 6.54 Å². The summed E-state index contributed by atoms with van der Waals surface area (Å²) >= 11 is 0. The summed E-state index contributed by atoms with van der Waals surface area (Å²) in [6, 6.07) is 19.5. The highest BCUT2D eigenvalue weighted by Gasteiger charge is 2.06. The van der Waals surface area contributed by atoms with Gasteiger partial charge >= 0.3 is 0 Å². The van der Waals surface area contributed by atoms with E-state index in [0.717, 1.165) is 27.8 Å². The molecular weight excluding hydrogens is 338 g/mol. The predicted molar refractivity (Wildman–Crippen MR) is 105 cm³/mol. The van der Waals surface area contributed by atoms with Crippen LogP contribution >= 0.6 is 0 Å². The highest BCUT2D eigenvalue weighted by Crippen LogP contribution is 2.22. The van der Waals surface area contributed by atoms with E-state index in [0.29, 0.717) is 12.1 Å². The first kappa shape index (κ1) is 16.8. The Hall–Kier alpha value is -3.60. The second-order valence-electron chi connectivity index (χ2n) is 6.25. The number of hydrogen-bond acceptors (Lipinski definition) is 3. The number of carbonyl (C=O) groups is 1. The van der Waals surface area contributed by atoms with Crippen LogP contribution in [0.25, 0.3) is 16.5 Å². The number of hydrogen-bond donors (Lipinski definition) is 1. The molecule has 0 saturated heterocycles. The number of carbonyl (C=O) groups excluding carboxylic acids is 1. The molecule has 1 aromatic heterocycles. The number of nitrogens with one attached hydrogen (secondary N) is 1. The van der Waals surface area contributed by atoms with Crippen LogP contribution in [0.4, 0.5) is 0 Å². The van der Waals surface area contributed by atoms with Gasteiger partial charge in [-0.1, -0.05) is 18.2 Å². The van der Waals surface area contributed by atoms with Gasteiger partial charge in [0.15, 0.2) is 0 Å². The number of methoxy groups -OCH3 is 1. The maximum atomic E-state index is 12.4. The lowest BCUT2D eigenvalue weighted by Crippen LogP contribution is -2.22. The summed E-state index contributed by atoms with van der Waals surface area (Å²) in [5.41, 5.74) is 2.65. The van der Waals surface area contributed by atoms with Gasteiger partial charge in [-0.25, -0.2) is 4.98 Å². The first-order valence-electron chi connectivity index (χ1n) is 8.66. The van der Waals surface area contributed by atoms with E-state index in [-0.39, 0.29) is 5.91 Å². The maximum Gasteiger partial charge on any atom is 0.251 e. The third kappa shape index (κ3) is 3.67. The normalized spacial score (nSPS) is 10.7. The Morgan fingerprint density at radius 1 is 1.04 bits per heavy atom. The Kier molecular flexibility index (Phi) is 4.58. The highest BCUT2D eigenvalue weighted by atomic mass is 16.5. The van der Waals surface area contributed by atoms with Gasteiger partial charge in [-0.15, -0.1) is 0 Å². The van der Waals surface area contributed by atoms with Crippen LogP contribution in [0.5, 0.6) is 5.75 Å². The molecule has 0 unspecified atom stereocenters. The molecule has 0 fully saturated rings. The third-order valence-corrected chi connectivity index (χ3v) is 4.50. The van der Waals surface area contributed by atoms with Gasteiger partial charge in [0, 0.05) is 30.2 Å². The number of fused-ring (bicyclic) bond motifs is 1. The zero-order valence-electron chi connectivity index (χ0n) is 14.9. The van der Waals surface area contributed by atoms with Gasteiger partial charge in [0.05, 0.1) is 13.4 Å².